The van der Waals surface area contributed by atoms with Crippen molar-refractivity contribution in [2.75, 3.05) is 0 Å². The van der Waals surface area contributed by atoms with Crippen LogP contribution in [0.4, 0.5) is 5.69 Å². The van der Waals surface area contributed by atoms with E-state index in [1.54, 1.807) is 19.1 Å². The Balaban J connectivity index is 2.19. The average molecular weight is 261 g/mol. The van der Waals surface area contributed by atoms with E-state index in [4.69, 9.17) is 5.11 Å². The summed E-state index contributed by atoms with van der Waals surface area (Å²) in [5, 5.41) is 19.4. The highest BCUT2D eigenvalue weighted by molar-refractivity contribution is 5.86. The summed E-state index contributed by atoms with van der Waals surface area (Å²) < 4.78 is 0. The lowest BCUT2D eigenvalue weighted by molar-refractivity contribution is -0.384. The Hall–Kier alpha value is -2.70. The lowest BCUT2D eigenvalue weighted by Gasteiger charge is -1.97. The van der Waals surface area contributed by atoms with Crippen LogP contribution in [0.1, 0.15) is 27.6 Å². The highest BCUT2D eigenvalue weighted by atomic mass is 16.6. The molecule has 0 radical (unpaired) electrons. The lowest BCUT2D eigenvalue weighted by Crippen LogP contribution is -1.99. The van der Waals surface area contributed by atoms with E-state index in [2.05, 4.69) is 9.97 Å². The summed E-state index contributed by atoms with van der Waals surface area (Å²) in [6.07, 6.45) is 0.395. The number of nitrogens with zero attached hydrogens (tertiary/aromatic N) is 2. The van der Waals surface area contributed by atoms with E-state index in [0.717, 1.165) is 5.56 Å². The van der Waals surface area contributed by atoms with Gasteiger partial charge in [0.2, 0.25) is 0 Å². The van der Waals surface area contributed by atoms with Gasteiger partial charge >= 0.3 is 5.97 Å². The summed E-state index contributed by atoms with van der Waals surface area (Å²) in [4.78, 5) is 27.8. The number of hydrogen-bond acceptors (Lipinski definition) is 4. The molecule has 98 valence electrons. The van der Waals surface area contributed by atoms with Crippen LogP contribution in [-0.4, -0.2) is 26.0 Å². The number of rotatable bonds is 4. The quantitative estimate of drug-likeness (QED) is 0.645. The van der Waals surface area contributed by atoms with E-state index < -0.39 is 10.9 Å². The van der Waals surface area contributed by atoms with Crippen LogP contribution in [0.25, 0.3) is 0 Å². The topological polar surface area (TPSA) is 109 Å². The Morgan fingerprint density at radius 1 is 1.42 bits per heavy atom. The van der Waals surface area contributed by atoms with Gasteiger partial charge in [-0.2, -0.15) is 0 Å². The fraction of sp³-hybridized carbons (Fsp3) is 0.167. The maximum absolute atomic E-state index is 10.8. The van der Waals surface area contributed by atoms with Gasteiger partial charge in [-0.1, -0.05) is 12.1 Å². The minimum absolute atomic E-state index is 0.00286. The number of non-ortho nitro benzene ring substituents is 1. The number of H-pyrrole nitrogens is 1. The number of hydrogen-bond donors (Lipinski definition) is 2. The first-order chi connectivity index (χ1) is 8.97. The molecule has 0 atom stereocenters. The lowest BCUT2D eigenvalue weighted by atomic mass is 10.1. The van der Waals surface area contributed by atoms with E-state index in [-0.39, 0.29) is 11.4 Å². The van der Waals surface area contributed by atoms with E-state index in [1.165, 1.54) is 12.1 Å². The van der Waals surface area contributed by atoms with Crippen molar-refractivity contribution in [1.29, 1.82) is 0 Å². The van der Waals surface area contributed by atoms with E-state index >= 15 is 0 Å². The van der Waals surface area contributed by atoms with Gasteiger partial charge in [-0.05, 0) is 12.5 Å². The maximum Gasteiger partial charge on any atom is 0.356 e. The highest BCUT2D eigenvalue weighted by Crippen LogP contribution is 2.15. The smallest absolute Gasteiger partial charge is 0.356 e. The van der Waals surface area contributed by atoms with Crippen LogP contribution >= 0.6 is 0 Å². The molecule has 1 heterocycles. The normalized spacial score (nSPS) is 10.4. The first-order valence-electron chi connectivity index (χ1n) is 5.49. The molecule has 1 aromatic carbocycles. The zero-order chi connectivity index (χ0) is 14.0. The minimum Gasteiger partial charge on any atom is -0.476 e. The van der Waals surface area contributed by atoms with E-state index in [9.17, 15) is 14.9 Å². The van der Waals surface area contributed by atoms with Gasteiger partial charge in [-0.15, -0.1) is 0 Å². The molecule has 0 fully saturated rings. The summed E-state index contributed by atoms with van der Waals surface area (Å²) in [7, 11) is 0. The Labute approximate surface area is 108 Å². The molecule has 0 saturated heterocycles. The Morgan fingerprint density at radius 2 is 2.05 bits per heavy atom. The fourth-order valence-corrected chi connectivity index (χ4v) is 1.74. The standard InChI is InChI=1S/C12H11N3O4/c1-7-11(12(16)17)14-10(13-7)6-8-2-4-9(5-3-8)15(18)19/h2-5H,6H2,1H3,(H,13,14)(H,16,17). The van der Waals surface area contributed by atoms with Crippen molar-refractivity contribution in [2.24, 2.45) is 0 Å². The Bertz CT molecular complexity index is 631. The third-order valence-electron chi connectivity index (χ3n) is 2.66. The molecular formula is C12H11N3O4. The molecule has 0 bridgehead atoms. The molecular weight excluding hydrogens is 250 g/mol. The highest BCUT2D eigenvalue weighted by Gasteiger charge is 2.13. The fourth-order valence-electron chi connectivity index (χ4n) is 1.74. The van der Waals surface area contributed by atoms with Crippen LogP contribution in [0.3, 0.4) is 0 Å². The molecule has 2 N–H and O–H groups in total. The number of aromatic carboxylic acids is 1. The third-order valence-corrected chi connectivity index (χ3v) is 2.66. The SMILES string of the molecule is Cc1[nH]c(Cc2ccc([N+](=O)[O-])cc2)nc1C(=O)O. The summed E-state index contributed by atoms with van der Waals surface area (Å²) in [6.45, 7) is 1.63. The zero-order valence-electron chi connectivity index (χ0n) is 10.1. The van der Waals surface area contributed by atoms with Crippen LogP contribution in [0.2, 0.25) is 0 Å². The first-order valence-corrected chi connectivity index (χ1v) is 5.49. The second-order valence-corrected chi connectivity index (χ2v) is 4.06. The van der Waals surface area contributed by atoms with Crippen molar-refractivity contribution in [1.82, 2.24) is 9.97 Å². The van der Waals surface area contributed by atoms with Crippen LogP contribution < -0.4 is 0 Å². The van der Waals surface area contributed by atoms with Crippen molar-refractivity contribution in [3.63, 3.8) is 0 Å². The van der Waals surface area contributed by atoms with Gasteiger partial charge in [0.15, 0.2) is 5.69 Å². The van der Waals surface area contributed by atoms with Crippen molar-refractivity contribution in [3.05, 3.63) is 57.2 Å². The molecule has 0 aliphatic carbocycles. The summed E-state index contributed by atoms with van der Waals surface area (Å²) >= 11 is 0. The number of nitrogens with one attached hydrogen (secondary N) is 1. The number of aryl methyl sites for hydroxylation is 1. The van der Waals surface area contributed by atoms with Gasteiger partial charge in [0.25, 0.3) is 5.69 Å². The van der Waals surface area contributed by atoms with E-state index in [1.807, 2.05) is 0 Å². The number of aromatic nitrogens is 2. The predicted octanol–water partition coefficient (Wildman–Crippen LogP) is 1.92. The van der Waals surface area contributed by atoms with Crippen LogP contribution in [0.15, 0.2) is 24.3 Å². The van der Waals surface area contributed by atoms with Crippen molar-refractivity contribution in [2.45, 2.75) is 13.3 Å². The summed E-state index contributed by atoms with van der Waals surface area (Å²) in [5.74, 6) is -0.563. The Kier molecular flexibility index (Phi) is 3.28. The van der Waals surface area contributed by atoms with Gasteiger partial charge in [-0.25, -0.2) is 9.78 Å². The van der Waals surface area contributed by atoms with Crippen molar-refractivity contribution >= 4 is 11.7 Å². The molecule has 1 aromatic heterocycles. The predicted molar refractivity (Wildman–Crippen MR) is 66.2 cm³/mol. The minimum atomic E-state index is -1.08. The number of nitro groups is 1. The Morgan fingerprint density at radius 3 is 2.53 bits per heavy atom. The largest absolute Gasteiger partial charge is 0.476 e. The number of aromatic amines is 1. The summed E-state index contributed by atoms with van der Waals surface area (Å²) in [5.41, 5.74) is 1.32. The molecule has 0 unspecified atom stereocenters. The maximum atomic E-state index is 10.8. The number of carbonyl (C=O) groups is 1. The van der Waals surface area contributed by atoms with Crippen molar-refractivity contribution in [3.8, 4) is 0 Å². The molecule has 0 spiro atoms. The third kappa shape index (κ3) is 2.76. The van der Waals surface area contributed by atoms with Gasteiger partial charge in [0, 0.05) is 24.2 Å². The molecule has 2 aromatic rings. The number of carboxylic acids is 1. The van der Waals surface area contributed by atoms with Gasteiger partial charge < -0.3 is 10.1 Å². The number of imidazole rings is 1. The molecule has 0 aliphatic heterocycles. The first kappa shape index (κ1) is 12.7. The zero-order valence-corrected chi connectivity index (χ0v) is 10.1. The van der Waals surface area contributed by atoms with Crippen LogP contribution in [-0.2, 0) is 6.42 Å². The van der Waals surface area contributed by atoms with Crippen LogP contribution in [0, 0.1) is 17.0 Å². The molecule has 19 heavy (non-hydrogen) atoms. The van der Waals surface area contributed by atoms with Gasteiger partial charge in [0.05, 0.1) is 4.92 Å². The second-order valence-electron chi connectivity index (χ2n) is 4.06. The van der Waals surface area contributed by atoms with Gasteiger partial charge in [0.1, 0.15) is 5.82 Å². The van der Waals surface area contributed by atoms with E-state index in [0.29, 0.717) is 17.9 Å². The molecule has 7 heteroatoms. The van der Waals surface area contributed by atoms with Crippen LogP contribution in [0.5, 0.6) is 0 Å². The number of carboxylic acid groups (broad SMARTS) is 1. The number of benzene rings is 1. The van der Waals surface area contributed by atoms with Gasteiger partial charge in [-0.3, -0.25) is 10.1 Å². The number of nitro benzene ring substituents is 1. The van der Waals surface area contributed by atoms with Crippen molar-refractivity contribution < 1.29 is 14.8 Å². The summed E-state index contributed by atoms with van der Waals surface area (Å²) in [6, 6.07) is 6.05. The molecule has 7 nitrogen and oxygen atoms in total. The second kappa shape index (κ2) is 4.89. The monoisotopic (exact) mass is 261 g/mol. The molecule has 0 amide bonds. The average Bonchev–Trinajstić information content (AvgIpc) is 2.71. The molecule has 2 rings (SSSR count). The molecule has 0 saturated carbocycles. The molecule has 0 aliphatic rings.